The topological polar surface area (TPSA) is 76.2 Å². The maximum atomic E-state index is 13.6. The highest BCUT2D eigenvalue weighted by Gasteiger charge is 2.51. The summed E-state index contributed by atoms with van der Waals surface area (Å²) >= 11 is 0. The number of amides is 4. The van der Waals surface area contributed by atoms with Gasteiger partial charge in [-0.25, -0.2) is 14.8 Å². The predicted octanol–water partition coefficient (Wildman–Crippen LogP) is 3.19. The molecule has 182 valence electrons. The lowest BCUT2D eigenvalue weighted by Gasteiger charge is -2.55. The summed E-state index contributed by atoms with van der Waals surface area (Å²) in [5.41, 5.74) is 1.01. The van der Waals surface area contributed by atoms with Crippen LogP contribution in [0.4, 0.5) is 4.79 Å². The second-order valence-corrected chi connectivity index (χ2v) is 9.09. The van der Waals surface area contributed by atoms with Crippen molar-refractivity contribution in [1.82, 2.24) is 25.1 Å². The molecule has 1 aromatic carbocycles. The van der Waals surface area contributed by atoms with Gasteiger partial charge in [0.25, 0.3) is 0 Å². The van der Waals surface area contributed by atoms with Crippen molar-refractivity contribution in [2.24, 2.45) is 0 Å². The van der Waals surface area contributed by atoms with Crippen LogP contribution in [0.15, 0.2) is 30.3 Å². The Kier molecular flexibility index (Phi) is 8.72. The maximum Gasteiger partial charge on any atom is 0.334 e. The molecular formula is C25H39N5O3. The van der Waals surface area contributed by atoms with Crippen LogP contribution in [0, 0.1) is 0 Å². The lowest BCUT2D eigenvalue weighted by atomic mass is 9.97. The average molecular weight is 458 g/mol. The van der Waals surface area contributed by atoms with E-state index in [0.717, 1.165) is 37.7 Å². The van der Waals surface area contributed by atoms with Crippen LogP contribution in [-0.2, 0) is 16.1 Å². The lowest BCUT2D eigenvalue weighted by molar-refractivity contribution is -0.190. The molecular weight excluding hydrogens is 418 g/mol. The summed E-state index contributed by atoms with van der Waals surface area (Å²) in [7, 11) is 1.77. The molecule has 3 rings (SSSR count). The summed E-state index contributed by atoms with van der Waals surface area (Å²) in [6.07, 6.45) is 4.69. The quantitative estimate of drug-likeness (QED) is 0.618. The summed E-state index contributed by atoms with van der Waals surface area (Å²) in [6, 6.07) is 9.11. The molecule has 2 saturated heterocycles. The monoisotopic (exact) mass is 457 g/mol. The molecule has 2 unspecified atom stereocenters. The number of unbranched alkanes of at least 4 members (excludes halogenated alkanes) is 1. The van der Waals surface area contributed by atoms with Crippen LogP contribution in [0.1, 0.15) is 64.9 Å². The standard InChI is InChI=1S/C25H39N5O3/c1-5-8-15-21-24(32)28(20(7-3)12-6-2)17-22-29(21)23(31)18-27(4)30(22)25(33)26-16-19-13-10-9-11-14-19/h9-11,13-14,20-22H,5-8,12,15-18H2,1-4H3,(H,26,33)/t20?,21-,22?/m0/s1. The highest BCUT2D eigenvalue weighted by molar-refractivity contribution is 5.91. The third-order valence-corrected chi connectivity index (χ3v) is 6.75. The van der Waals surface area contributed by atoms with Gasteiger partial charge in [0.15, 0.2) is 0 Å². The molecule has 4 amide bonds. The van der Waals surface area contributed by atoms with Gasteiger partial charge in [0.1, 0.15) is 12.2 Å². The van der Waals surface area contributed by atoms with Gasteiger partial charge in [0.2, 0.25) is 11.8 Å². The van der Waals surface area contributed by atoms with Crippen LogP contribution in [0.25, 0.3) is 0 Å². The van der Waals surface area contributed by atoms with Crippen LogP contribution in [0.2, 0.25) is 0 Å². The normalized spacial score (nSPS) is 22.4. The Morgan fingerprint density at radius 1 is 1.12 bits per heavy atom. The smallest absolute Gasteiger partial charge is 0.334 e. The van der Waals surface area contributed by atoms with Crippen LogP contribution < -0.4 is 5.32 Å². The van der Waals surface area contributed by atoms with E-state index in [1.165, 1.54) is 0 Å². The van der Waals surface area contributed by atoms with Gasteiger partial charge in [-0.05, 0) is 24.8 Å². The molecule has 0 spiro atoms. The highest BCUT2D eigenvalue weighted by atomic mass is 16.2. The molecule has 8 heteroatoms. The van der Waals surface area contributed by atoms with E-state index < -0.39 is 12.2 Å². The zero-order valence-corrected chi connectivity index (χ0v) is 20.5. The lowest BCUT2D eigenvalue weighted by Crippen LogP contribution is -2.76. The molecule has 0 aromatic heterocycles. The minimum absolute atomic E-state index is 0.0301. The molecule has 0 aliphatic carbocycles. The first-order chi connectivity index (χ1) is 15.9. The Labute approximate surface area is 197 Å². The van der Waals surface area contributed by atoms with Crippen molar-refractivity contribution in [2.45, 2.75) is 84.1 Å². The summed E-state index contributed by atoms with van der Waals surface area (Å²) in [5, 5.41) is 6.33. The van der Waals surface area contributed by atoms with E-state index >= 15 is 0 Å². The Morgan fingerprint density at radius 2 is 1.85 bits per heavy atom. The van der Waals surface area contributed by atoms with E-state index in [0.29, 0.717) is 19.5 Å². The number of fused-ring (bicyclic) bond motifs is 1. The average Bonchev–Trinajstić information content (AvgIpc) is 2.81. The van der Waals surface area contributed by atoms with E-state index in [1.54, 1.807) is 22.0 Å². The predicted molar refractivity (Wildman–Crippen MR) is 128 cm³/mol. The number of piperazine rings is 1. The van der Waals surface area contributed by atoms with Crippen molar-refractivity contribution in [3.63, 3.8) is 0 Å². The molecule has 2 heterocycles. The van der Waals surface area contributed by atoms with Gasteiger partial charge < -0.3 is 15.1 Å². The molecule has 0 saturated carbocycles. The zero-order valence-electron chi connectivity index (χ0n) is 20.5. The number of hydrogen-bond donors (Lipinski definition) is 1. The van der Waals surface area contributed by atoms with Crippen molar-refractivity contribution < 1.29 is 14.4 Å². The first-order valence-corrected chi connectivity index (χ1v) is 12.4. The number of nitrogens with one attached hydrogen (secondary N) is 1. The van der Waals surface area contributed by atoms with Gasteiger partial charge in [-0.1, -0.05) is 70.4 Å². The Hall–Kier alpha value is -2.61. The fraction of sp³-hybridized carbons (Fsp3) is 0.640. The van der Waals surface area contributed by atoms with E-state index in [-0.39, 0.29) is 30.4 Å². The molecule has 8 nitrogen and oxygen atoms in total. The van der Waals surface area contributed by atoms with Crippen LogP contribution in [-0.4, -0.2) is 76.0 Å². The van der Waals surface area contributed by atoms with Gasteiger partial charge in [0, 0.05) is 19.6 Å². The zero-order chi connectivity index (χ0) is 24.0. The Bertz CT molecular complexity index is 818. The molecule has 1 N–H and O–H groups in total. The maximum absolute atomic E-state index is 13.6. The van der Waals surface area contributed by atoms with Gasteiger partial charge in [0.05, 0.1) is 13.1 Å². The number of benzene rings is 1. The van der Waals surface area contributed by atoms with Gasteiger partial charge in [-0.15, -0.1) is 0 Å². The number of likely N-dealkylation sites (N-methyl/N-ethyl adjacent to an activating group) is 1. The minimum atomic E-state index is -0.514. The molecule has 0 bridgehead atoms. The number of hydrogen-bond acceptors (Lipinski definition) is 4. The summed E-state index contributed by atoms with van der Waals surface area (Å²) in [6.45, 7) is 7.14. The minimum Gasteiger partial charge on any atom is -0.334 e. The van der Waals surface area contributed by atoms with Crippen molar-refractivity contribution >= 4 is 17.8 Å². The van der Waals surface area contributed by atoms with Crippen molar-refractivity contribution in [3.8, 4) is 0 Å². The molecule has 2 fully saturated rings. The molecule has 1 aromatic rings. The fourth-order valence-electron chi connectivity index (χ4n) is 5.04. The number of nitrogens with zero attached hydrogens (tertiary/aromatic N) is 4. The van der Waals surface area contributed by atoms with E-state index in [9.17, 15) is 14.4 Å². The Balaban J connectivity index is 1.88. The number of carbonyl (C=O) groups excluding carboxylic acids is 3. The third-order valence-electron chi connectivity index (χ3n) is 6.75. The van der Waals surface area contributed by atoms with Gasteiger partial charge >= 0.3 is 6.03 Å². The van der Waals surface area contributed by atoms with E-state index in [2.05, 4.69) is 26.1 Å². The molecule has 3 atom stereocenters. The van der Waals surface area contributed by atoms with Crippen molar-refractivity contribution in [2.75, 3.05) is 20.1 Å². The Morgan fingerprint density at radius 3 is 2.48 bits per heavy atom. The SMILES string of the molecule is CCCC[C@H]1C(=O)N(C(CC)CCC)CC2N1C(=O)CN(C)N2C(=O)NCc1ccccc1. The van der Waals surface area contributed by atoms with Crippen molar-refractivity contribution in [1.29, 1.82) is 0 Å². The first-order valence-electron chi connectivity index (χ1n) is 12.4. The third kappa shape index (κ3) is 5.49. The van der Waals surface area contributed by atoms with Gasteiger partial charge in [-0.3, -0.25) is 9.59 Å². The number of carbonyl (C=O) groups is 3. The molecule has 33 heavy (non-hydrogen) atoms. The summed E-state index contributed by atoms with van der Waals surface area (Å²) in [4.78, 5) is 43.7. The molecule has 2 aliphatic heterocycles. The van der Waals surface area contributed by atoms with Gasteiger partial charge in [-0.2, -0.15) is 0 Å². The van der Waals surface area contributed by atoms with Crippen LogP contribution >= 0.6 is 0 Å². The number of urea groups is 1. The van der Waals surface area contributed by atoms with Crippen LogP contribution in [0.5, 0.6) is 0 Å². The first kappa shape index (κ1) is 25.0. The largest absolute Gasteiger partial charge is 0.334 e. The molecule has 0 radical (unpaired) electrons. The molecule has 2 aliphatic rings. The summed E-state index contributed by atoms with van der Waals surface area (Å²) < 4.78 is 0. The number of rotatable bonds is 9. The highest BCUT2D eigenvalue weighted by Crippen LogP contribution is 2.30. The van der Waals surface area contributed by atoms with Crippen molar-refractivity contribution in [3.05, 3.63) is 35.9 Å². The fourth-order valence-corrected chi connectivity index (χ4v) is 5.04. The summed E-state index contributed by atoms with van der Waals surface area (Å²) in [5.74, 6) is -0.0604. The second-order valence-electron chi connectivity index (χ2n) is 9.09. The number of hydrazine groups is 1. The van der Waals surface area contributed by atoms with E-state index in [1.807, 2.05) is 35.2 Å². The second kappa shape index (κ2) is 11.5. The van der Waals surface area contributed by atoms with E-state index in [4.69, 9.17) is 0 Å². The van der Waals surface area contributed by atoms with Crippen LogP contribution in [0.3, 0.4) is 0 Å².